The Hall–Kier alpha value is -3.76. The normalized spacial score (nSPS) is 14.6. The summed E-state index contributed by atoms with van der Waals surface area (Å²) < 4.78 is 5.21. The second-order valence-corrected chi connectivity index (χ2v) is 10.3. The van der Waals surface area contributed by atoms with Gasteiger partial charge in [-0.25, -0.2) is 4.98 Å². The number of hydrogen-bond donors (Lipinski definition) is 3. The van der Waals surface area contributed by atoms with Crippen molar-refractivity contribution in [3.63, 3.8) is 0 Å². The number of esters is 1. The zero-order chi connectivity index (χ0) is 27.0. The topological polar surface area (TPSA) is 134 Å². The largest absolute Gasteiger partial charge is 0.465 e. The number of fused-ring (bicyclic) bond motifs is 1. The molecular formula is C28H37N8O2+. The first-order chi connectivity index (χ1) is 18.3. The number of hydrogen-bond acceptors (Lipinski definition) is 9. The second-order valence-electron chi connectivity index (χ2n) is 10.3. The molecule has 0 unspecified atom stereocenters. The number of allylic oxidation sites excluding steroid dienone is 1. The molecule has 4 N–H and O–H groups in total. The van der Waals surface area contributed by atoms with Gasteiger partial charge in [-0.1, -0.05) is 13.8 Å². The molecule has 4 rings (SSSR count). The number of carbonyl (C=O) groups excluding carboxylic acids is 1. The molecule has 1 aliphatic heterocycles. The van der Waals surface area contributed by atoms with Crippen LogP contribution in [0.2, 0.25) is 0 Å². The molecule has 200 valence electrons. The van der Waals surface area contributed by atoms with Crippen LogP contribution in [0.5, 0.6) is 0 Å². The third-order valence-electron chi connectivity index (χ3n) is 6.70. The molecule has 0 amide bonds. The number of pyridine rings is 2. The molecular weight excluding hydrogens is 480 g/mol. The molecule has 0 aliphatic carbocycles. The average Bonchev–Trinajstić information content (AvgIpc) is 3.43. The van der Waals surface area contributed by atoms with Crippen molar-refractivity contribution in [2.45, 2.75) is 45.4 Å². The summed E-state index contributed by atoms with van der Waals surface area (Å²) in [5.74, 6) is 0.829. The van der Waals surface area contributed by atoms with Crippen LogP contribution in [0.25, 0.3) is 16.6 Å². The van der Waals surface area contributed by atoms with Gasteiger partial charge < -0.3 is 25.7 Å². The van der Waals surface area contributed by atoms with Crippen molar-refractivity contribution in [2.75, 3.05) is 38.1 Å². The van der Waals surface area contributed by atoms with Crippen molar-refractivity contribution in [3.05, 3.63) is 54.0 Å². The maximum absolute atomic E-state index is 11.3. The van der Waals surface area contributed by atoms with E-state index in [-0.39, 0.29) is 12.6 Å². The first kappa shape index (κ1) is 27.3. The summed E-state index contributed by atoms with van der Waals surface area (Å²) in [5.41, 5.74) is 3.60. The summed E-state index contributed by atoms with van der Waals surface area (Å²) in [7, 11) is 0. The highest BCUT2D eigenvalue weighted by atomic mass is 16.5. The number of anilines is 2. The van der Waals surface area contributed by atoms with Crippen molar-refractivity contribution < 1.29 is 14.8 Å². The third kappa shape index (κ3) is 7.39. The Morgan fingerprint density at radius 3 is 2.76 bits per heavy atom. The fraction of sp³-hybridized carbons (Fsp3) is 0.429. The molecule has 0 bridgehead atoms. The zero-order valence-electron chi connectivity index (χ0n) is 22.4. The quantitative estimate of drug-likeness (QED) is 0.190. The summed E-state index contributed by atoms with van der Waals surface area (Å²) in [6, 6.07) is 7.57. The Morgan fingerprint density at radius 2 is 2.00 bits per heavy atom. The van der Waals surface area contributed by atoms with Crippen LogP contribution >= 0.6 is 0 Å². The van der Waals surface area contributed by atoms with Crippen LogP contribution in [0.15, 0.2) is 42.9 Å². The highest BCUT2D eigenvalue weighted by Crippen LogP contribution is 2.26. The third-order valence-corrected chi connectivity index (χ3v) is 6.70. The fourth-order valence-electron chi connectivity index (χ4n) is 4.41. The van der Waals surface area contributed by atoms with Gasteiger partial charge in [-0.15, -0.1) is 5.10 Å². The average molecular weight is 518 g/mol. The SMILES string of the molecule is CC(=O)OCC(C)(C)c1cnnc(Nc2ccc3ncc(/C(C=N)=C/[NH2+]CCCN4CCCC4)cc3n2)c1. The number of aromatic nitrogens is 4. The van der Waals surface area contributed by atoms with Crippen LogP contribution < -0.4 is 10.6 Å². The van der Waals surface area contributed by atoms with E-state index in [1.165, 1.54) is 39.1 Å². The number of quaternary nitrogens is 1. The lowest BCUT2D eigenvalue weighted by Crippen LogP contribution is -2.78. The number of nitrogens with two attached hydrogens (primary N) is 1. The molecule has 10 nitrogen and oxygen atoms in total. The molecule has 3 aromatic rings. The Bertz CT molecular complexity index is 1300. The smallest absolute Gasteiger partial charge is 0.302 e. The van der Waals surface area contributed by atoms with Crippen molar-refractivity contribution in [2.24, 2.45) is 0 Å². The monoisotopic (exact) mass is 517 g/mol. The summed E-state index contributed by atoms with van der Waals surface area (Å²) >= 11 is 0. The molecule has 0 atom stereocenters. The minimum absolute atomic E-state index is 0.245. The first-order valence-electron chi connectivity index (χ1n) is 13.1. The number of carbonyl (C=O) groups is 1. The standard InChI is InChI=1S/C28H36N8O2/c1-20(37)38-19-28(2,3)23-14-27(35-32-18-23)34-26-8-7-24-25(33-26)13-21(17-31-24)22(15-29)16-30-9-6-12-36-10-4-5-11-36/h7-8,13-18,29-30H,4-6,9-12,19H2,1-3H3,(H,33,34,35)/p+1/b22-16+,29-15?. The molecule has 0 saturated carbocycles. The number of ether oxygens (including phenoxy) is 1. The van der Waals surface area contributed by atoms with E-state index in [0.29, 0.717) is 17.2 Å². The van der Waals surface area contributed by atoms with E-state index in [2.05, 4.69) is 30.7 Å². The van der Waals surface area contributed by atoms with E-state index in [4.69, 9.17) is 15.1 Å². The number of rotatable bonds is 12. The molecule has 0 aromatic carbocycles. The lowest BCUT2D eigenvalue weighted by Gasteiger charge is -2.24. The molecule has 3 aromatic heterocycles. The van der Waals surface area contributed by atoms with Crippen LogP contribution in [0.3, 0.4) is 0 Å². The molecule has 38 heavy (non-hydrogen) atoms. The van der Waals surface area contributed by atoms with E-state index >= 15 is 0 Å². The Kier molecular flexibility index (Phi) is 9.09. The van der Waals surface area contributed by atoms with Crippen molar-refractivity contribution in [1.82, 2.24) is 25.1 Å². The second kappa shape index (κ2) is 12.7. The Labute approximate surface area is 223 Å². The van der Waals surface area contributed by atoms with Crippen LogP contribution in [0.1, 0.15) is 51.2 Å². The molecule has 1 saturated heterocycles. The van der Waals surface area contributed by atoms with Crippen molar-refractivity contribution in [3.8, 4) is 0 Å². The van der Waals surface area contributed by atoms with Gasteiger partial charge in [0.15, 0.2) is 5.82 Å². The first-order valence-corrected chi connectivity index (χ1v) is 13.1. The van der Waals surface area contributed by atoms with Gasteiger partial charge in [0.25, 0.3) is 0 Å². The molecule has 10 heteroatoms. The molecule has 1 fully saturated rings. The number of likely N-dealkylation sites (tertiary alicyclic amines) is 1. The Morgan fingerprint density at radius 1 is 1.18 bits per heavy atom. The molecule has 1 aliphatic rings. The van der Waals surface area contributed by atoms with Crippen LogP contribution in [0.4, 0.5) is 11.6 Å². The van der Waals surface area contributed by atoms with E-state index in [0.717, 1.165) is 41.7 Å². The maximum Gasteiger partial charge on any atom is 0.302 e. The predicted octanol–water partition coefficient (Wildman–Crippen LogP) is 3.04. The van der Waals surface area contributed by atoms with E-state index < -0.39 is 5.41 Å². The maximum atomic E-state index is 11.3. The van der Waals surface area contributed by atoms with Crippen molar-refractivity contribution >= 4 is 40.4 Å². The Balaban J connectivity index is 1.44. The minimum Gasteiger partial charge on any atom is -0.465 e. The van der Waals surface area contributed by atoms with Crippen molar-refractivity contribution in [1.29, 1.82) is 5.41 Å². The summed E-state index contributed by atoms with van der Waals surface area (Å²) in [4.78, 5) is 23.0. The highest BCUT2D eigenvalue weighted by molar-refractivity contribution is 6.08. The van der Waals surface area contributed by atoms with Gasteiger partial charge in [0.2, 0.25) is 0 Å². The minimum atomic E-state index is -0.422. The summed E-state index contributed by atoms with van der Waals surface area (Å²) in [6.45, 7) is 10.2. The lowest BCUT2D eigenvalue weighted by molar-refractivity contribution is -0.587. The number of nitrogens with zero attached hydrogens (tertiary/aromatic N) is 5. The highest BCUT2D eigenvalue weighted by Gasteiger charge is 2.23. The number of nitrogens with one attached hydrogen (secondary N) is 2. The predicted molar refractivity (Wildman–Crippen MR) is 148 cm³/mol. The van der Waals surface area contributed by atoms with Gasteiger partial charge in [-0.3, -0.25) is 9.78 Å². The zero-order valence-corrected chi connectivity index (χ0v) is 22.4. The molecule has 0 radical (unpaired) electrons. The van der Waals surface area contributed by atoms with Gasteiger partial charge in [0.1, 0.15) is 18.6 Å². The van der Waals surface area contributed by atoms with Crippen LogP contribution in [-0.4, -0.2) is 70.0 Å². The fourth-order valence-corrected chi connectivity index (χ4v) is 4.41. The van der Waals surface area contributed by atoms with Crippen LogP contribution in [0, 0.1) is 5.41 Å². The molecule has 4 heterocycles. The van der Waals surface area contributed by atoms with Gasteiger partial charge >= 0.3 is 5.97 Å². The van der Waals surface area contributed by atoms with E-state index in [1.54, 1.807) is 12.4 Å². The molecule has 0 spiro atoms. The summed E-state index contributed by atoms with van der Waals surface area (Å²) in [5, 5.41) is 21.6. The lowest BCUT2D eigenvalue weighted by atomic mass is 9.87. The van der Waals surface area contributed by atoms with Gasteiger partial charge in [0.05, 0.1) is 29.3 Å². The van der Waals surface area contributed by atoms with Crippen LogP contribution in [-0.2, 0) is 14.9 Å². The van der Waals surface area contributed by atoms with Gasteiger partial charge in [-0.05, 0) is 55.8 Å². The summed E-state index contributed by atoms with van der Waals surface area (Å²) in [6.07, 6.45) is 10.6. The van der Waals surface area contributed by atoms with E-state index in [9.17, 15) is 4.79 Å². The van der Waals surface area contributed by atoms with Gasteiger partial charge in [0, 0.05) is 43.3 Å². The van der Waals surface area contributed by atoms with Gasteiger partial charge in [-0.2, -0.15) is 5.10 Å². The van der Waals surface area contributed by atoms with E-state index in [1.807, 2.05) is 44.3 Å².